The second-order valence-electron chi connectivity index (χ2n) is 6.88. The third kappa shape index (κ3) is 6.02. The van der Waals surface area contributed by atoms with Gasteiger partial charge >= 0.3 is 0 Å². The van der Waals surface area contributed by atoms with Gasteiger partial charge in [-0.15, -0.1) is 0 Å². The Labute approximate surface area is 213 Å². The molecule has 0 aliphatic carbocycles. The summed E-state index contributed by atoms with van der Waals surface area (Å²) in [5.41, 5.74) is 2.08. The fourth-order valence-electron chi connectivity index (χ4n) is 2.94. The molecule has 164 valence electrons. The molecule has 0 saturated heterocycles. The molecule has 4 rings (SSSR count). The number of nitrogens with zero attached hydrogens (tertiary/aromatic N) is 4. The van der Waals surface area contributed by atoms with Crippen LogP contribution in [0.3, 0.4) is 0 Å². The molecule has 4 aromatic rings. The van der Waals surface area contributed by atoms with Gasteiger partial charge in [0.15, 0.2) is 16.7 Å². The van der Waals surface area contributed by atoms with Gasteiger partial charge in [0.25, 0.3) is 0 Å². The van der Waals surface area contributed by atoms with Crippen molar-refractivity contribution in [1.82, 2.24) is 19.6 Å². The summed E-state index contributed by atoms with van der Waals surface area (Å²) in [7, 11) is 0. The Kier molecular flexibility index (Phi) is 7.37. The Morgan fingerprint density at radius 1 is 0.875 bits per heavy atom. The minimum absolute atomic E-state index is 0.377. The fraction of sp³-hybridized carbons (Fsp3) is 0.0952. The van der Waals surface area contributed by atoms with Crippen molar-refractivity contribution in [2.45, 2.75) is 13.1 Å². The topological polar surface area (TPSA) is 59.7 Å². The van der Waals surface area contributed by atoms with Crippen LogP contribution in [-0.2, 0) is 13.1 Å². The standard InChI is InChI=1S/C21H16BrCl3N6S/c22-16-12-31(11-14-3-6-17(24)18(25)9-14)29-20(16)27-21(32)26-19-7-8-30(28-19)10-13-1-4-15(23)5-2-13/h1-9,12H,10-11H2,(H2,26,27,28,29,32). The molecule has 11 heteroatoms. The van der Waals surface area contributed by atoms with E-state index in [-0.39, 0.29) is 0 Å². The maximum Gasteiger partial charge on any atom is 0.177 e. The van der Waals surface area contributed by atoms with E-state index in [1.807, 2.05) is 59.5 Å². The molecule has 0 fully saturated rings. The molecule has 2 N–H and O–H groups in total. The lowest BCUT2D eigenvalue weighted by Gasteiger charge is -2.07. The number of thiocarbonyl (C=S) groups is 1. The summed E-state index contributed by atoms with van der Waals surface area (Å²) in [6, 6.07) is 15.0. The highest BCUT2D eigenvalue weighted by molar-refractivity contribution is 9.10. The maximum atomic E-state index is 6.09. The highest BCUT2D eigenvalue weighted by Gasteiger charge is 2.10. The van der Waals surface area contributed by atoms with Crippen molar-refractivity contribution >= 4 is 79.7 Å². The third-order valence-electron chi connectivity index (χ3n) is 4.42. The van der Waals surface area contributed by atoms with E-state index in [1.165, 1.54) is 0 Å². The Morgan fingerprint density at radius 3 is 2.34 bits per heavy atom. The van der Waals surface area contributed by atoms with E-state index < -0.39 is 0 Å². The Hall–Kier alpha value is -2.10. The van der Waals surface area contributed by atoms with Gasteiger partial charge in [-0.1, -0.05) is 53.0 Å². The van der Waals surface area contributed by atoms with Gasteiger partial charge in [0.05, 0.1) is 27.6 Å². The van der Waals surface area contributed by atoms with Crippen LogP contribution in [0.2, 0.25) is 15.1 Å². The van der Waals surface area contributed by atoms with Crippen LogP contribution in [0.25, 0.3) is 0 Å². The van der Waals surface area contributed by atoms with Gasteiger partial charge in [0.1, 0.15) is 0 Å². The van der Waals surface area contributed by atoms with Crippen LogP contribution in [0.4, 0.5) is 11.6 Å². The van der Waals surface area contributed by atoms with E-state index in [0.29, 0.717) is 44.9 Å². The minimum Gasteiger partial charge on any atom is -0.316 e. The normalized spacial score (nSPS) is 10.9. The van der Waals surface area contributed by atoms with Crippen LogP contribution in [-0.4, -0.2) is 24.7 Å². The van der Waals surface area contributed by atoms with Crippen molar-refractivity contribution in [2.24, 2.45) is 0 Å². The molecule has 0 spiro atoms. The predicted molar refractivity (Wildman–Crippen MR) is 138 cm³/mol. The number of hydrogen-bond donors (Lipinski definition) is 2. The molecule has 2 aromatic heterocycles. The van der Waals surface area contributed by atoms with Crippen molar-refractivity contribution in [1.29, 1.82) is 0 Å². The van der Waals surface area contributed by atoms with Gasteiger partial charge in [-0.3, -0.25) is 9.36 Å². The Morgan fingerprint density at radius 2 is 1.59 bits per heavy atom. The van der Waals surface area contributed by atoms with E-state index >= 15 is 0 Å². The van der Waals surface area contributed by atoms with E-state index in [2.05, 4.69) is 36.8 Å². The number of nitrogens with one attached hydrogen (secondary N) is 2. The van der Waals surface area contributed by atoms with Crippen LogP contribution in [0.5, 0.6) is 0 Å². The number of anilines is 2. The van der Waals surface area contributed by atoms with E-state index in [9.17, 15) is 0 Å². The second kappa shape index (κ2) is 10.2. The smallest absolute Gasteiger partial charge is 0.177 e. The lowest BCUT2D eigenvalue weighted by Crippen LogP contribution is -2.20. The highest BCUT2D eigenvalue weighted by atomic mass is 79.9. The Balaban J connectivity index is 1.35. The first-order valence-corrected chi connectivity index (χ1v) is 11.7. The van der Waals surface area contributed by atoms with Gasteiger partial charge in [0, 0.05) is 23.5 Å². The summed E-state index contributed by atoms with van der Waals surface area (Å²) >= 11 is 26.9. The lowest BCUT2D eigenvalue weighted by molar-refractivity contribution is 0.689. The van der Waals surface area contributed by atoms with Crippen molar-refractivity contribution in [3.05, 3.63) is 91.6 Å². The molecule has 0 bridgehead atoms. The van der Waals surface area contributed by atoms with E-state index in [0.717, 1.165) is 15.6 Å². The first kappa shape index (κ1) is 23.1. The SMILES string of the molecule is S=C(Nc1ccn(Cc2ccc(Cl)cc2)n1)Nc1nn(Cc2ccc(Cl)c(Cl)c2)cc1Br. The third-order valence-corrected chi connectivity index (χ3v) is 6.19. The summed E-state index contributed by atoms with van der Waals surface area (Å²) < 4.78 is 4.36. The summed E-state index contributed by atoms with van der Waals surface area (Å²) in [5.74, 6) is 1.21. The zero-order valence-corrected chi connectivity index (χ0v) is 21.1. The quantitative estimate of drug-likeness (QED) is 0.253. The van der Waals surface area contributed by atoms with Crippen molar-refractivity contribution in [2.75, 3.05) is 10.6 Å². The van der Waals surface area contributed by atoms with Gasteiger partial charge in [-0.2, -0.15) is 10.2 Å². The minimum atomic E-state index is 0.377. The highest BCUT2D eigenvalue weighted by Crippen LogP contribution is 2.25. The van der Waals surface area contributed by atoms with Gasteiger partial charge in [-0.25, -0.2) is 0 Å². The molecule has 0 atom stereocenters. The Bertz CT molecular complexity index is 1250. The summed E-state index contributed by atoms with van der Waals surface area (Å²) in [6.07, 6.45) is 3.73. The van der Waals surface area contributed by atoms with Crippen molar-refractivity contribution in [3.63, 3.8) is 0 Å². The fourth-order valence-corrected chi connectivity index (χ4v) is 4.00. The van der Waals surface area contributed by atoms with E-state index in [4.69, 9.17) is 47.0 Å². The van der Waals surface area contributed by atoms with Crippen LogP contribution in [0, 0.1) is 0 Å². The van der Waals surface area contributed by atoms with Gasteiger partial charge < -0.3 is 10.6 Å². The van der Waals surface area contributed by atoms with E-state index in [1.54, 1.807) is 10.7 Å². The predicted octanol–water partition coefficient (Wildman–Crippen LogP) is 6.71. The number of hydrogen-bond acceptors (Lipinski definition) is 3. The second-order valence-corrected chi connectivity index (χ2v) is 9.39. The zero-order valence-electron chi connectivity index (χ0n) is 16.4. The molecule has 6 nitrogen and oxygen atoms in total. The molecule has 2 heterocycles. The molecular formula is C21H16BrCl3N6S. The molecule has 0 aliphatic rings. The molecule has 32 heavy (non-hydrogen) atoms. The molecule has 0 unspecified atom stereocenters. The van der Waals surface area contributed by atoms with Gasteiger partial charge in [0.2, 0.25) is 0 Å². The molecule has 2 aromatic carbocycles. The van der Waals surface area contributed by atoms with Gasteiger partial charge in [-0.05, 0) is 63.5 Å². The average Bonchev–Trinajstić information content (AvgIpc) is 3.32. The molecule has 0 saturated carbocycles. The van der Waals surface area contributed by atoms with Crippen LogP contribution < -0.4 is 10.6 Å². The van der Waals surface area contributed by atoms with Crippen LogP contribution in [0.15, 0.2) is 65.4 Å². The molecule has 0 amide bonds. The summed E-state index contributed by atoms with van der Waals surface area (Å²) in [4.78, 5) is 0. The molecular weight excluding hydrogens is 555 g/mol. The monoisotopic (exact) mass is 568 g/mol. The zero-order chi connectivity index (χ0) is 22.7. The first-order valence-electron chi connectivity index (χ1n) is 9.38. The van der Waals surface area contributed by atoms with Crippen molar-refractivity contribution < 1.29 is 0 Å². The molecule has 0 aliphatic heterocycles. The number of halogens is 4. The summed E-state index contributed by atoms with van der Waals surface area (Å²) in [6.45, 7) is 1.16. The molecule has 0 radical (unpaired) electrons. The van der Waals surface area contributed by atoms with Crippen LogP contribution in [0.1, 0.15) is 11.1 Å². The summed E-state index contributed by atoms with van der Waals surface area (Å²) in [5, 5.41) is 17.3. The average molecular weight is 571 g/mol. The largest absolute Gasteiger partial charge is 0.316 e. The maximum absolute atomic E-state index is 6.09. The number of benzene rings is 2. The van der Waals surface area contributed by atoms with Crippen LogP contribution >= 0.6 is 63.0 Å². The number of aromatic nitrogens is 4. The lowest BCUT2D eigenvalue weighted by atomic mass is 10.2. The van der Waals surface area contributed by atoms with Crippen molar-refractivity contribution in [3.8, 4) is 0 Å². The number of rotatable bonds is 6. The first-order chi connectivity index (χ1) is 15.4.